The molecule has 0 aliphatic carbocycles. The summed E-state index contributed by atoms with van der Waals surface area (Å²) in [7, 11) is 0. The molecule has 7 heteroatoms. The van der Waals surface area contributed by atoms with E-state index in [1.165, 1.54) is 0 Å². The van der Waals surface area contributed by atoms with Gasteiger partial charge in [0.25, 0.3) is 0 Å². The van der Waals surface area contributed by atoms with Crippen LogP contribution in [0.25, 0.3) is 0 Å². The lowest BCUT2D eigenvalue weighted by Crippen LogP contribution is -2.46. The average molecular weight is 441 g/mol. The van der Waals surface area contributed by atoms with Crippen LogP contribution in [0.1, 0.15) is 25.3 Å². The maximum absolute atomic E-state index is 12.7. The number of anilines is 3. The summed E-state index contributed by atoms with van der Waals surface area (Å²) >= 11 is 6.22. The highest BCUT2D eigenvalue weighted by atomic mass is 35.5. The minimum atomic E-state index is -0.193. The fourth-order valence-electron chi connectivity index (χ4n) is 4.35. The van der Waals surface area contributed by atoms with E-state index in [-0.39, 0.29) is 24.2 Å². The van der Waals surface area contributed by atoms with Crippen molar-refractivity contribution in [3.05, 3.63) is 53.1 Å². The van der Waals surface area contributed by atoms with Crippen molar-refractivity contribution >= 4 is 40.5 Å². The van der Waals surface area contributed by atoms with Gasteiger partial charge in [-0.05, 0) is 49.2 Å². The number of hydrogen-bond donors (Lipinski definition) is 2. The van der Waals surface area contributed by atoms with Gasteiger partial charge < -0.3 is 20.4 Å². The summed E-state index contributed by atoms with van der Waals surface area (Å²) in [6.07, 6.45) is 1.46. The predicted molar refractivity (Wildman–Crippen MR) is 126 cm³/mol. The molecule has 0 spiro atoms. The summed E-state index contributed by atoms with van der Waals surface area (Å²) in [5.41, 5.74) is 3.73. The molecule has 2 N–H and O–H groups in total. The van der Waals surface area contributed by atoms with Gasteiger partial charge in [0.05, 0.1) is 11.4 Å². The molecule has 6 nitrogen and oxygen atoms in total. The molecular formula is C24H29ClN4O2. The topological polar surface area (TPSA) is 64.7 Å². The van der Waals surface area contributed by atoms with Crippen LogP contribution in [-0.2, 0) is 16.0 Å². The molecule has 0 bridgehead atoms. The van der Waals surface area contributed by atoms with Crippen molar-refractivity contribution in [2.75, 3.05) is 48.3 Å². The van der Waals surface area contributed by atoms with Crippen molar-refractivity contribution in [3.8, 4) is 0 Å². The minimum Gasteiger partial charge on any atom is -0.367 e. The highest BCUT2D eigenvalue weighted by Gasteiger charge is 2.26. The van der Waals surface area contributed by atoms with Gasteiger partial charge in [0.1, 0.15) is 0 Å². The van der Waals surface area contributed by atoms with Crippen molar-refractivity contribution in [3.63, 3.8) is 0 Å². The summed E-state index contributed by atoms with van der Waals surface area (Å²) in [5, 5.41) is 6.58. The van der Waals surface area contributed by atoms with Gasteiger partial charge in [-0.3, -0.25) is 9.59 Å². The van der Waals surface area contributed by atoms with E-state index in [9.17, 15) is 9.59 Å². The van der Waals surface area contributed by atoms with Crippen LogP contribution >= 0.6 is 11.6 Å². The van der Waals surface area contributed by atoms with Gasteiger partial charge in [0.2, 0.25) is 11.8 Å². The quantitative estimate of drug-likeness (QED) is 0.712. The molecule has 1 saturated heterocycles. The Labute approximate surface area is 188 Å². The summed E-state index contributed by atoms with van der Waals surface area (Å²) in [6, 6.07) is 13.5. The van der Waals surface area contributed by atoms with Gasteiger partial charge in [-0.15, -0.1) is 0 Å². The van der Waals surface area contributed by atoms with Gasteiger partial charge in [-0.1, -0.05) is 36.7 Å². The molecule has 1 fully saturated rings. The van der Waals surface area contributed by atoms with Crippen LogP contribution < -0.4 is 15.5 Å². The highest BCUT2D eigenvalue weighted by Crippen LogP contribution is 2.31. The Balaban J connectivity index is 1.38. The second kappa shape index (κ2) is 9.71. The largest absolute Gasteiger partial charge is 0.367 e. The van der Waals surface area contributed by atoms with Crippen LogP contribution in [0.15, 0.2) is 42.5 Å². The highest BCUT2D eigenvalue weighted by molar-refractivity contribution is 6.31. The molecule has 0 unspecified atom stereocenters. The third-order valence-electron chi connectivity index (χ3n) is 6.23. The molecule has 2 aromatic rings. The van der Waals surface area contributed by atoms with Gasteiger partial charge in [0.15, 0.2) is 0 Å². The molecule has 2 aliphatic heterocycles. The van der Waals surface area contributed by atoms with Gasteiger partial charge in [-0.25, -0.2) is 0 Å². The first-order valence-electron chi connectivity index (χ1n) is 11.0. The molecule has 2 heterocycles. The maximum Gasteiger partial charge on any atom is 0.227 e. The molecule has 1 atom stereocenters. The Bertz CT molecular complexity index is 956. The number of carbonyl (C=O) groups is 2. The van der Waals surface area contributed by atoms with Crippen LogP contribution in [0.4, 0.5) is 17.1 Å². The Kier molecular flexibility index (Phi) is 6.78. The number of piperazine rings is 1. The zero-order valence-electron chi connectivity index (χ0n) is 17.9. The number of nitrogens with zero attached hydrogens (tertiary/aromatic N) is 2. The molecule has 2 amide bonds. The summed E-state index contributed by atoms with van der Waals surface area (Å²) in [4.78, 5) is 29.9. The lowest BCUT2D eigenvalue weighted by Gasteiger charge is -2.36. The third kappa shape index (κ3) is 5.20. The normalized spacial score (nSPS) is 19.0. The van der Waals surface area contributed by atoms with E-state index in [0.29, 0.717) is 17.9 Å². The number of fused-ring (bicyclic) bond motifs is 1. The SMILES string of the molecule is CCN1CCN(c2ccc(Cl)cc2NC(=O)CC[C@@H]2Cc3ccccc3NC2=O)CC1. The monoisotopic (exact) mass is 440 g/mol. The van der Waals surface area contributed by atoms with E-state index >= 15 is 0 Å². The van der Waals surface area contributed by atoms with Crippen LogP contribution in [0.2, 0.25) is 5.02 Å². The second-order valence-corrected chi connectivity index (χ2v) is 8.65. The number of nitrogens with one attached hydrogen (secondary N) is 2. The fraction of sp³-hybridized carbons (Fsp3) is 0.417. The Hall–Kier alpha value is -2.57. The first-order valence-corrected chi connectivity index (χ1v) is 11.4. The number of para-hydroxylation sites is 1. The van der Waals surface area contributed by atoms with Crippen LogP contribution in [0.5, 0.6) is 0 Å². The lowest BCUT2D eigenvalue weighted by atomic mass is 9.89. The third-order valence-corrected chi connectivity index (χ3v) is 6.46. The molecule has 164 valence electrons. The number of amides is 2. The van der Waals surface area contributed by atoms with Crippen molar-refractivity contribution in [1.29, 1.82) is 0 Å². The first kappa shape index (κ1) is 21.7. The number of rotatable bonds is 6. The van der Waals surface area contributed by atoms with Crippen molar-refractivity contribution in [2.24, 2.45) is 5.92 Å². The van der Waals surface area contributed by atoms with Crippen molar-refractivity contribution in [1.82, 2.24) is 4.90 Å². The Morgan fingerprint density at radius 3 is 2.71 bits per heavy atom. The summed E-state index contributed by atoms with van der Waals surface area (Å²) in [6.45, 7) is 7.07. The smallest absolute Gasteiger partial charge is 0.227 e. The molecule has 2 aliphatic rings. The fourth-order valence-corrected chi connectivity index (χ4v) is 4.53. The van der Waals surface area contributed by atoms with Crippen LogP contribution in [0.3, 0.4) is 0 Å². The lowest BCUT2D eigenvalue weighted by molar-refractivity contribution is -0.121. The van der Waals surface area contributed by atoms with E-state index in [1.807, 2.05) is 42.5 Å². The molecular weight excluding hydrogens is 412 g/mol. The Morgan fingerprint density at radius 1 is 1.16 bits per heavy atom. The van der Waals surface area contributed by atoms with E-state index in [1.54, 1.807) is 0 Å². The predicted octanol–water partition coefficient (Wildman–Crippen LogP) is 4.01. The second-order valence-electron chi connectivity index (χ2n) is 8.22. The van der Waals surface area contributed by atoms with E-state index in [2.05, 4.69) is 27.4 Å². The number of benzene rings is 2. The minimum absolute atomic E-state index is 0.0104. The van der Waals surface area contributed by atoms with Gasteiger partial charge >= 0.3 is 0 Å². The summed E-state index contributed by atoms with van der Waals surface area (Å²) < 4.78 is 0. The Morgan fingerprint density at radius 2 is 1.94 bits per heavy atom. The average Bonchev–Trinajstić information content (AvgIpc) is 2.78. The molecule has 0 saturated carbocycles. The number of hydrogen-bond acceptors (Lipinski definition) is 4. The van der Waals surface area contributed by atoms with Crippen molar-refractivity contribution in [2.45, 2.75) is 26.2 Å². The summed E-state index contributed by atoms with van der Waals surface area (Å²) in [5.74, 6) is -0.298. The first-order chi connectivity index (χ1) is 15.0. The van der Waals surface area contributed by atoms with Crippen LogP contribution in [0, 0.1) is 5.92 Å². The van der Waals surface area contributed by atoms with E-state index < -0.39 is 0 Å². The van der Waals surface area contributed by atoms with Crippen molar-refractivity contribution < 1.29 is 9.59 Å². The molecule has 31 heavy (non-hydrogen) atoms. The van der Waals surface area contributed by atoms with Crippen LogP contribution in [-0.4, -0.2) is 49.4 Å². The van der Waals surface area contributed by atoms with Gasteiger partial charge in [0, 0.05) is 49.2 Å². The molecule has 0 aromatic heterocycles. The van der Waals surface area contributed by atoms with E-state index in [4.69, 9.17) is 11.6 Å². The maximum atomic E-state index is 12.7. The zero-order chi connectivity index (χ0) is 21.8. The number of halogens is 1. The van der Waals surface area contributed by atoms with E-state index in [0.717, 1.165) is 55.3 Å². The zero-order valence-corrected chi connectivity index (χ0v) is 18.6. The molecule has 0 radical (unpaired) electrons. The standard InChI is InChI=1S/C24H29ClN4O2/c1-2-28-11-13-29(14-12-28)22-9-8-19(25)16-21(22)26-23(30)10-7-18-15-17-5-3-4-6-20(17)27-24(18)31/h3-6,8-9,16,18H,2,7,10-15H2,1H3,(H,26,30)(H,27,31)/t18-/m1/s1. The number of carbonyl (C=O) groups excluding carboxylic acids is 2. The molecule has 4 rings (SSSR count). The number of likely N-dealkylation sites (N-methyl/N-ethyl adjacent to an activating group) is 1. The molecule has 2 aromatic carbocycles. The van der Waals surface area contributed by atoms with Gasteiger partial charge in [-0.2, -0.15) is 0 Å².